The van der Waals surface area contributed by atoms with Gasteiger partial charge in [0.05, 0.1) is 0 Å². The zero-order valence-electron chi connectivity index (χ0n) is 8.22. The second-order valence-electron chi connectivity index (χ2n) is 3.40. The van der Waals surface area contributed by atoms with Gasteiger partial charge in [-0.05, 0) is 16.9 Å². The fourth-order valence-corrected chi connectivity index (χ4v) is 2.00. The molecule has 0 aliphatic carbocycles. The van der Waals surface area contributed by atoms with E-state index in [1.54, 1.807) is 24.3 Å². The van der Waals surface area contributed by atoms with E-state index in [0.717, 1.165) is 5.39 Å². The number of carbonyl (C=O) groups excluding carboxylic acids is 1. The Balaban J connectivity index is 2.90. The summed E-state index contributed by atoms with van der Waals surface area (Å²) >= 11 is 6.00. The molecule has 0 saturated carbocycles. The van der Waals surface area contributed by atoms with E-state index in [1.165, 1.54) is 6.07 Å². The minimum absolute atomic E-state index is 0.124. The highest BCUT2D eigenvalue weighted by Gasteiger charge is 2.19. The molecule has 3 nitrogen and oxygen atoms in total. The molecule has 0 radical (unpaired) electrons. The maximum absolute atomic E-state index is 11.0. The van der Waals surface area contributed by atoms with E-state index in [0.29, 0.717) is 16.7 Å². The van der Waals surface area contributed by atoms with Crippen LogP contribution in [0, 0.1) is 0 Å². The van der Waals surface area contributed by atoms with Crippen molar-refractivity contribution < 1.29 is 14.8 Å². The average molecular weight is 234 g/mol. The van der Waals surface area contributed by atoms with Crippen LogP contribution in [0.5, 0.6) is 0 Å². The van der Waals surface area contributed by atoms with Crippen LogP contribution in [0.4, 0.5) is 0 Å². The molecule has 0 atom stereocenters. The first-order valence-electron chi connectivity index (χ1n) is 4.67. The lowest BCUT2D eigenvalue weighted by Crippen LogP contribution is -2.33. The molecule has 0 spiro atoms. The molecule has 0 aromatic heterocycles. The molecule has 16 heavy (non-hydrogen) atoms. The largest absolute Gasteiger partial charge is 0.489 e. The van der Waals surface area contributed by atoms with Crippen molar-refractivity contribution in [1.29, 1.82) is 0 Å². The average Bonchev–Trinajstić information content (AvgIpc) is 2.29. The summed E-state index contributed by atoms with van der Waals surface area (Å²) in [6, 6.07) is 8.46. The van der Waals surface area contributed by atoms with Crippen molar-refractivity contribution in [3.05, 3.63) is 40.9 Å². The first-order valence-corrected chi connectivity index (χ1v) is 5.05. The van der Waals surface area contributed by atoms with E-state index in [2.05, 4.69) is 0 Å². The predicted octanol–water partition coefficient (Wildman–Crippen LogP) is 0.985. The molecule has 0 saturated heterocycles. The Kier molecular flexibility index (Phi) is 2.96. The number of halogens is 1. The van der Waals surface area contributed by atoms with Crippen LogP contribution in [0.15, 0.2) is 30.3 Å². The van der Waals surface area contributed by atoms with Crippen molar-refractivity contribution in [2.75, 3.05) is 0 Å². The minimum Gasteiger partial charge on any atom is -0.423 e. The van der Waals surface area contributed by atoms with Crippen molar-refractivity contribution in [3.63, 3.8) is 0 Å². The zero-order valence-corrected chi connectivity index (χ0v) is 8.98. The summed E-state index contributed by atoms with van der Waals surface area (Å²) in [6.45, 7) is 0. The third-order valence-electron chi connectivity index (χ3n) is 2.46. The van der Waals surface area contributed by atoms with Gasteiger partial charge in [0.2, 0.25) is 0 Å². The fourth-order valence-electron chi connectivity index (χ4n) is 1.72. The van der Waals surface area contributed by atoms with Crippen molar-refractivity contribution in [1.82, 2.24) is 0 Å². The van der Waals surface area contributed by atoms with Gasteiger partial charge >= 0.3 is 7.12 Å². The molecule has 2 rings (SSSR count). The number of hydrogen-bond acceptors (Lipinski definition) is 3. The van der Waals surface area contributed by atoms with Gasteiger partial charge in [0.15, 0.2) is 0 Å². The summed E-state index contributed by atoms with van der Waals surface area (Å²) in [5.41, 5.74) is 0.383. The summed E-state index contributed by atoms with van der Waals surface area (Å²) in [4.78, 5) is 11.0. The van der Waals surface area contributed by atoms with Gasteiger partial charge in [-0.3, -0.25) is 4.79 Å². The lowest BCUT2D eigenvalue weighted by Gasteiger charge is -2.09. The molecule has 0 unspecified atom stereocenters. The van der Waals surface area contributed by atoms with Gasteiger partial charge in [0.1, 0.15) is 6.29 Å². The Morgan fingerprint density at radius 3 is 2.38 bits per heavy atom. The van der Waals surface area contributed by atoms with Gasteiger partial charge in [-0.1, -0.05) is 35.9 Å². The quantitative estimate of drug-likeness (QED) is 0.602. The van der Waals surface area contributed by atoms with Gasteiger partial charge in [0, 0.05) is 16.0 Å². The monoisotopic (exact) mass is 234 g/mol. The Hall–Kier alpha value is -1.36. The first-order chi connectivity index (χ1) is 7.65. The molecule has 0 bridgehead atoms. The molecule has 80 valence electrons. The lowest BCUT2D eigenvalue weighted by atomic mass is 9.76. The van der Waals surface area contributed by atoms with Crippen molar-refractivity contribution in [2.45, 2.75) is 0 Å². The first kappa shape index (κ1) is 11.1. The summed E-state index contributed by atoms with van der Waals surface area (Å²) in [7, 11) is -1.71. The normalized spacial score (nSPS) is 10.4. The van der Waals surface area contributed by atoms with Crippen LogP contribution in [0.1, 0.15) is 10.4 Å². The molecule has 0 aliphatic rings. The van der Waals surface area contributed by atoms with Gasteiger partial charge in [-0.15, -0.1) is 0 Å². The van der Waals surface area contributed by atoms with E-state index < -0.39 is 7.12 Å². The smallest absolute Gasteiger partial charge is 0.423 e. The van der Waals surface area contributed by atoms with E-state index in [4.69, 9.17) is 21.6 Å². The highest BCUT2D eigenvalue weighted by Crippen LogP contribution is 2.24. The Morgan fingerprint density at radius 2 is 1.81 bits per heavy atom. The molecule has 0 heterocycles. The summed E-state index contributed by atoms with van der Waals surface area (Å²) in [5, 5.41) is 20.0. The Labute approximate surface area is 97.4 Å². The third-order valence-corrected chi connectivity index (χ3v) is 2.78. The molecule has 5 heteroatoms. The summed E-state index contributed by atoms with van der Waals surface area (Å²) in [6.07, 6.45) is 0.605. The lowest BCUT2D eigenvalue weighted by molar-refractivity contribution is 0.112. The van der Waals surface area contributed by atoms with Crippen LogP contribution < -0.4 is 5.46 Å². The number of rotatable bonds is 2. The van der Waals surface area contributed by atoms with Crippen molar-refractivity contribution in [2.24, 2.45) is 0 Å². The van der Waals surface area contributed by atoms with Crippen LogP contribution in [-0.4, -0.2) is 23.5 Å². The number of aldehydes is 1. The highest BCUT2D eigenvalue weighted by molar-refractivity contribution is 6.61. The van der Waals surface area contributed by atoms with Crippen molar-refractivity contribution in [3.8, 4) is 0 Å². The summed E-state index contributed by atoms with van der Waals surface area (Å²) in [5.74, 6) is 0. The predicted molar refractivity (Wildman–Crippen MR) is 64.2 cm³/mol. The molecular formula is C11H8BClO3. The number of benzene rings is 2. The fraction of sp³-hybridized carbons (Fsp3) is 0. The van der Waals surface area contributed by atoms with Gasteiger partial charge in [-0.25, -0.2) is 0 Å². The van der Waals surface area contributed by atoms with Crippen LogP contribution in [-0.2, 0) is 0 Å². The number of fused-ring (bicyclic) bond motifs is 1. The summed E-state index contributed by atoms with van der Waals surface area (Å²) < 4.78 is 0. The van der Waals surface area contributed by atoms with Gasteiger partial charge in [0.25, 0.3) is 0 Å². The minimum atomic E-state index is -1.71. The third kappa shape index (κ3) is 1.71. The van der Waals surface area contributed by atoms with Gasteiger partial charge < -0.3 is 10.0 Å². The molecule has 2 aromatic carbocycles. The van der Waals surface area contributed by atoms with Gasteiger partial charge in [-0.2, -0.15) is 0 Å². The van der Waals surface area contributed by atoms with E-state index >= 15 is 0 Å². The molecule has 0 fully saturated rings. The topological polar surface area (TPSA) is 57.5 Å². The van der Waals surface area contributed by atoms with E-state index in [1.807, 2.05) is 0 Å². The van der Waals surface area contributed by atoms with Crippen LogP contribution in [0.25, 0.3) is 10.8 Å². The second-order valence-corrected chi connectivity index (χ2v) is 3.81. The highest BCUT2D eigenvalue weighted by atomic mass is 35.5. The van der Waals surface area contributed by atoms with Crippen LogP contribution in [0.3, 0.4) is 0 Å². The van der Waals surface area contributed by atoms with Crippen LogP contribution in [0.2, 0.25) is 5.02 Å². The molecule has 0 aliphatic heterocycles. The molecule has 2 N–H and O–H groups in total. The Morgan fingerprint density at radius 1 is 1.19 bits per heavy atom. The van der Waals surface area contributed by atoms with Crippen LogP contribution >= 0.6 is 11.6 Å². The van der Waals surface area contributed by atoms with E-state index in [-0.39, 0.29) is 11.0 Å². The van der Waals surface area contributed by atoms with E-state index in [9.17, 15) is 4.79 Å². The molecule has 0 amide bonds. The number of carbonyl (C=O) groups is 1. The second kappa shape index (κ2) is 4.25. The SMILES string of the molecule is O=Cc1c(B(O)O)cc(Cl)c2ccccc12. The van der Waals surface area contributed by atoms with Crippen molar-refractivity contribution >= 4 is 41.2 Å². The molecular weight excluding hydrogens is 226 g/mol. The maximum atomic E-state index is 11.0. The maximum Gasteiger partial charge on any atom is 0.489 e. The Bertz CT molecular complexity index is 554. The number of hydrogen-bond donors (Lipinski definition) is 2. The zero-order chi connectivity index (χ0) is 11.7. The molecule has 2 aromatic rings. The standard InChI is InChI=1S/C11H8BClO3/c13-11-5-10(12(15)16)9(6-14)7-3-1-2-4-8(7)11/h1-6,15-16H.